The molecule has 2 heterocycles. The lowest BCUT2D eigenvalue weighted by Crippen LogP contribution is -2.49. The van der Waals surface area contributed by atoms with Gasteiger partial charge in [-0.1, -0.05) is 25.3 Å². The Morgan fingerprint density at radius 2 is 1.76 bits per heavy atom. The third kappa shape index (κ3) is 4.93. The van der Waals surface area contributed by atoms with Crippen molar-refractivity contribution in [1.29, 1.82) is 0 Å². The standard InChI is InChI=1S/C25H19N3O9/c1-3-17(29)36-21(22(25(33)34)37-18(30)4-2)24(32)26-11-12-8-9-15-14(10-12)20-19-13(23(31)28-27-20)6-5-7-16(19)35-15/h3-10,21-22H,1-2,11H2,(H,26,32)(H,28,31)(H,33,34). The fraction of sp³-hybridized carbons (Fsp3) is 0.120. The Hall–Kier alpha value is -5.26. The number of ether oxygens (including phenoxy) is 3. The van der Waals surface area contributed by atoms with Crippen LogP contribution in [0.3, 0.4) is 0 Å². The fourth-order valence-corrected chi connectivity index (χ4v) is 3.68. The van der Waals surface area contributed by atoms with Crippen LogP contribution in [-0.2, 0) is 35.2 Å². The number of fused-ring (bicyclic) bond motifs is 2. The lowest BCUT2D eigenvalue weighted by atomic mass is 9.99. The number of carboxylic acid groups (broad SMARTS) is 1. The van der Waals surface area contributed by atoms with Gasteiger partial charge in [-0.25, -0.2) is 19.5 Å². The number of benzene rings is 2. The minimum atomic E-state index is -2.14. The van der Waals surface area contributed by atoms with Crippen molar-refractivity contribution in [2.24, 2.45) is 0 Å². The van der Waals surface area contributed by atoms with E-state index in [1.165, 1.54) is 0 Å². The molecule has 12 heteroatoms. The lowest BCUT2D eigenvalue weighted by molar-refractivity contribution is -0.178. The number of hydrogen-bond donors (Lipinski definition) is 3. The molecular weight excluding hydrogens is 486 g/mol. The van der Waals surface area contributed by atoms with E-state index < -0.39 is 36.0 Å². The Morgan fingerprint density at radius 3 is 2.43 bits per heavy atom. The summed E-state index contributed by atoms with van der Waals surface area (Å²) in [5.74, 6) is -4.04. The number of aliphatic carboxylic acids is 1. The van der Waals surface area contributed by atoms with Gasteiger partial charge in [0, 0.05) is 24.3 Å². The molecule has 188 valence electrons. The van der Waals surface area contributed by atoms with Crippen molar-refractivity contribution in [3.8, 4) is 22.8 Å². The zero-order chi connectivity index (χ0) is 26.7. The molecule has 12 nitrogen and oxygen atoms in total. The van der Waals surface area contributed by atoms with Gasteiger partial charge >= 0.3 is 17.9 Å². The summed E-state index contributed by atoms with van der Waals surface area (Å²) in [5, 5.41) is 19.5. The summed E-state index contributed by atoms with van der Waals surface area (Å²) in [7, 11) is 0. The Labute approximate surface area is 208 Å². The Kier molecular flexibility index (Phi) is 6.82. The summed E-state index contributed by atoms with van der Waals surface area (Å²) < 4.78 is 15.5. The number of amides is 1. The Balaban J connectivity index is 1.60. The topological polar surface area (TPSA) is 174 Å². The molecule has 0 saturated heterocycles. The van der Waals surface area contributed by atoms with E-state index in [2.05, 4.69) is 28.7 Å². The molecule has 4 rings (SSSR count). The van der Waals surface area contributed by atoms with E-state index in [0.29, 0.717) is 45.2 Å². The van der Waals surface area contributed by atoms with Gasteiger partial charge in [-0.15, -0.1) is 0 Å². The summed E-state index contributed by atoms with van der Waals surface area (Å²) >= 11 is 0. The van der Waals surface area contributed by atoms with Crippen molar-refractivity contribution in [2.75, 3.05) is 0 Å². The molecule has 0 saturated carbocycles. The SMILES string of the molecule is C=CC(=O)OC(C(=O)O)C(OC(=O)C=C)C(=O)NCc1ccc2c(c1)-c1n[nH]c(=O)c3cccc(c13)O2. The molecule has 37 heavy (non-hydrogen) atoms. The number of carboxylic acids is 1. The lowest BCUT2D eigenvalue weighted by Gasteiger charge is -2.23. The smallest absolute Gasteiger partial charge is 0.349 e. The second kappa shape index (κ2) is 10.2. The van der Waals surface area contributed by atoms with E-state index in [1.54, 1.807) is 36.4 Å². The van der Waals surface area contributed by atoms with Gasteiger partial charge in [0.2, 0.25) is 12.2 Å². The monoisotopic (exact) mass is 505 g/mol. The van der Waals surface area contributed by atoms with Gasteiger partial charge < -0.3 is 24.6 Å². The number of hydrogen-bond acceptors (Lipinski definition) is 9. The molecule has 0 aliphatic carbocycles. The van der Waals surface area contributed by atoms with E-state index in [-0.39, 0.29) is 12.1 Å². The highest BCUT2D eigenvalue weighted by Crippen LogP contribution is 2.44. The van der Waals surface area contributed by atoms with Crippen LogP contribution >= 0.6 is 0 Å². The molecule has 2 unspecified atom stereocenters. The first-order valence-electron chi connectivity index (χ1n) is 10.7. The van der Waals surface area contributed by atoms with Gasteiger partial charge in [0.05, 0.1) is 10.8 Å². The van der Waals surface area contributed by atoms with Crippen molar-refractivity contribution in [3.63, 3.8) is 0 Å². The van der Waals surface area contributed by atoms with Crippen LogP contribution in [0.25, 0.3) is 22.0 Å². The summed E-state index contributed by atoms with van der Waals surface area (Å²) in [6.45, 7) is 6.25. The molecule has 0 radical (unpaired) electrons. The molecule has 1 aliphatic rings. The molecule has 1 aliphatic heterocycles. The van der Waals surface area contributed by atoms with E-state index in [0.717, 1.165) is 6.08 Å². The van der Waals surface area contributed by atoms with Crippen LogP contribution in [0.1, 0.15) is 5.56 Å². The molecule has 3 aromatic rings. The van der Waals surface area contributed by atoms with E-state index >= 15 is 0 Å². The highest BCUT2D eigenvalue weighted by molar-refractivity contribution is 6.01. The Morgan fingerprint density at radius 1 is 1.05 bits per heavy atom. The molecule has 0 bridgehead atoms. The molecule has 1 amide bonds. The van der Waals surface area contributed by atoms with Crippen molar-refractivity contribution < 1.29 is 38.5 Å². The Bertz CT molecular complexity index is 1530. The molecule has 2 atom stereocenters. The van der Waals surface area contributed by atoms with Crippen molar-refractivity contribution in [1.82, 2.24) is 15.5 Å². The maximum absolute atomic E-state index is 12.8. The number of esters is 2. The van der Waals surface area contributed by atoms with Crippen molar-refractivity contribution in [2.45, 2.75) is 18.8 Å². The van der Waals surface area contributed by atoms with Gasteiger partial charge in [-0.3, -0.25) is 9.59 Å². The summed E-state index contributed by atoms with van der Waals surface area (Å²) in [4.78, 5) is 60.0. The predicted octanol–water partition coefficient (Wildman–Crippen LogP) is 1.59. The first kappa shape index (κ1) is 24.9. The van der Waals surface area contributed by atoms with Gasteiger partial charge in [0.1, 0.15) is 17.2 Å². The fourth-order valence-electron chi connectivity index (χ4n) is 3.68. The number of aromatic amines is 1. The quantitative estimate of drug-likeness (QED) is 0.224. The summed E-state index contributed by atoms with van der Waals surface area (Å²) in [6, 6.07) is 10.0. The molecule has 0 spiro atoms. The van der Waals surface area contributed by atoms with Crippen LogP contribution in [0, 0.1) is 0 Å². The van der Waals surface area contributed by atoms with Gasteiger partial charge in [-0.2, -0.15) is 5.10 Å². The number of carbonyl (C=O) groups excluding carboxylic acids is 3. The minimum absolute atomic E-state index is 0.135. The van der Waals surface area contributed by atoms with Crippen LogP contribution in [0.4, 0.5) is 0 Å². The maximum atomic E-state index is 12.8. The normalized spacial score (nSPS) is 12.8. The van der Waals surface area contributed by atoms with Crippen LogP contribution < -0.4 is 15.6 Å². The molecule has 0 fully saturated rings. The molecule has 3 N–H and O–H groups in total. The maximum Gasteiger partial charge on any atom is 0.349 e. The number of rotatable bonds is 9. The number of aromatic nitrogens is 2. The van der Waals surface area contributed by atoms with Crippen molar-refractivity contribution in [3.05, 3.63) is 77.6 Å². The predicted molar refractivity (Wildman–Crippen MR) is 128 cm³/mol. The molecular formula is C25H19N3O9. The first-order chi connectivity index (χ1) is 17.7. The number of carbonyl (C=O) groups is 4. The van der Waals surface area contributed by atoms with E-state index in [1.807, 2.05) is 0 Å². The number of nitrogens with zero attached hydrogens (tertiary/aromatic N) is 1. The first-order valence-corrected chi connectivity index (χ1v) is 10.7. The third-order valence-corrected chi connectivity index (χ3v) is 5.36. The van der Waals surface area contributed by atoms with Gasteiger partial charge in [0.25, 0.3) is 11.5 Å². The summed E-state index contributed by atoms with van der Waals surface area (Å²) in [6.07, 6.45) is -2.72. The zero-order valence-corrected chi connectivity index (χ0v) is 19.1. The van der Waals surface area contributed by atoms with Crippen molar-refractivity contribution >= 4 is 34.6 Å². The van der Waals surface area contributed by atoms with Gasteiger partial charge in [0.15, 0.2) is 0 Å². The van der Waals surface area contributed by atoms with E-state index in [4.69, 9.17) is 14.2 Å². The van der Waals surface area contributed by atoms with Gasteiger partial charge in [-0.05, 0) is 29.8 Å². The highest BCUT2D eigenvalue weighted by Gasteiger charge is 2.39. The van der Waals surface area contributed by atoms with Crippen LogP contribution in [0.2, 0.25) is 0 Å². The average Bonchev–Trinajstić information content (AvgIpc) is 2.90. The zero-order valence-electron chi connectivity index (χ0n) is 19.1. The molecule has 1 aromatic heterocycles. The average molecular weight is 505 g/mol. The largest absolute Gasteiger partial charge is 0.478 e. The minimum Gasteiger partial charge on any atom is -0.478 e. The second-order valence-corrected chi connectivity index (χ2v) is 7.69. The number of H-pyrrole nitrogens is 1. The van der Waals surface area contributed by atoms with E-state index in [9.17, 15) is 29.1 Å². The highest BCUT2D eigenvalue weighted by atomic mass is 16.6. The molecule has 2 aromatic carbocycles. The van der Waals surface area contributed by atoms with Crippen LogP contribution in [0.5, 0.6) is 11.5 Å². The van der Waals surface area contributed by atoms with Crippen LogP contribution in [0.15, 0.2) is 66.5 Å². The summed E-state index contributed by atoms with van der Waals surface area (Å²) in [5.41, 5.74) is 1.19. The van der Waals surface area contributed by atoms with Crippen LogP contribution in [-0.4, -0.2) is 51.3 Å². The third-order valence-electron chi connectivity index (χ3n) is 5.36. The number of nitrogens with one attached hydrogen (secondary N) is 2. The second-order valence-electron chi connectivity index (χ2n) is 7.69.